The van der Waals surface area contributed by atoms with Gasteiger partial charge in [-0.2, -0.15) is 4.52 Å². The van der Waals surface area contributed by atoms with Gasteiger partial charge in [-0.15, -0.1) is 5.10 Å². The van der Waals surface area contributed by atoms with Gasteiger partial charge in [0.25, 0.3) is 5.56 Å². The number of nitrogens with one attached hydrogen (secondary N) is 1. The minimum absolute atomic E-state index is 0.225. The number of benzene rings is 2. The number of hydrogen-bond donors (Lipinski definition) is 1. The molecule has 29 heavy (non-hydrogen) atoms. The third-order valence-electron chi connectivity index (χ3n) is 4.42. The fourth-order valence-electron chi connectivity index (χ4n) is 3.06. The number of para-hydroxylation sites is 1. The second-order valence-electron chi connectivity index (χ2n) is 6.28. The molecule has 0 aliphatic rings. The third-order valence-corrected chi connectivity index (χ3v) is 4.42. The van der Waals surface area contributed by atoms with Gasteiger partial charge < -0.3 is 5.32 Å². The lowest BCUT2D eigenvalue weighted by molar-refractivity contribution is 0.630. The van der Waals surface area contributed by atoms with Crippen molar-refractivity contribution in [1.82, 2.24) is 24.6 Å². The number of fused-ring (bicyclic) bond motifs is 3. The molecule has 0 aliphatic carbocycles. The predicted octanol–water partition coefficient (Wildman–Crippen LogP) is 3.58. The molecular formula is C21H13FN6O. The number of nitrogens with zero attached hydrogens (tertiary/aromatic N) is 5. The van der Waals surface area contributed by atoms with Crippen molar-refractivity contribution in [1.29, 1.82) is 0 Å². The van der Waals surface area contributed by atoms with Gasteiger partial charge in [-0.3, -0.25) is 4.79 Å². The first-order valence-corrected chi connectivity index (χ1v) is 8.83. The van der Waals surface area contributed by atoms with Gasteiger partial charge in [0.1, 0.15) is 11.5 Å². The Morgan fingerprint density at radius 1 is 0.897 bits per heavy atom. The largest absolute Gasteiger partial charge is 0.319 e. The highest BCUT2D eigenvalue weighted by atomic mass is 19.1. The van der Waals surface area contributed by atoms with Crippen LogP contribution in [0, 0.1) is 5.82 Å². The molecule has 7 nitrogen and oxygen atoms in total. The maximum Gasteiger partial charge on any atom is 0.293 e. The van der Waals surface area contributed by atoms with Gasteiger partial charge >= 0.3 is 0 Å². The summed E-state index contributed by atoms with van der Waals surface area (Å²) in [6, 6.07) is 18.7. The van der Waals surface area contributed by atoms with Gasteiger partial charge in [-0.1, -0.05) is 30.3 Å². The molecule has 0 amide bonds. The van der Waals surface area contributed by atoms with Crippen LogP contribution in [0.5, 0.6) is 0 Å². The molecule has 0 atom stereocenters. The van der Waals surface area contributed by atoms with Crippen molar-refractivity contribution >= 4 is 28.2 Å². The predicted molar refractivity (Wildman–Crippen MR) is 107 cm³/mol. The molecule has 0 saturated heterocycles. The maximum atomic E-state index is 14.3. The zero-order chi connectivity index (χ0) is 19.8. The molecular weight excluding hydrogens is 371 g/mol. The van der Waals surface area contributed by atoms with Crippen LogP contribution in [-0.4, -0.2) is 24.6 Å². The first-order chi connectivity index (χ1) is 14.2. The fraction of sp³-hybridized carbons (Fsp3) is 0. The Hall–Kier alpha value is -4.20. The standard InChI is InChI=1S/C21H13FN6O/c22-15-9-3-1-7-13(15)18-26-19-14-8-2-4-10-16(14)24-21(28(19)27-18)25-17-11-5-6-12-23-20(17)29/h1-12H,(H,23,24,25,29). The van der Waals surface area contributed by atoms with Crippen LogP contribution in [0.2, 0.25) is 0 Å². The summed E-state index contributed by atoms with van der Waals surface area (Å²) < 4.78 is 15.8. The second kappa shape index (κ2) is 6.75. The van der Waals surface area contributed by atoms with E-state index < -0.39 is 11.4 Å². The van der Waals surface area contributed by atoms with E-state index >= 15 is 0 Å². The summed E-state index contributed by atoms with van der Waals surface area (Å²) in [5, 5.41) is 8.20. The Bertz CT molecular complexity index is 1430. The zero-order valence-corrected chi connectivity index (χ0v) is 15.0. The van der Waals surface area contributed by atoms with E-state index in [4.69, 9.17) is 0 Å². The van der Waals surface area contributed by atoms with Crippen molar-refractivity contribution in [2.45, 2.75) is 0 Å². The monoisotopic (exact) mass is 384 g/mol. The van der Waals surface area contributed by atoms with Crippen LogP contribution >= 0.6 is 0 Å². The Balaban J connectivity index is 1.78. The van der Waals surface area contributed by atoms with Gasteiger partial charge in [0.15, 0.2) is 11.5 Å². The van der Waals surface area contributed by atoms with Gasteiger partial charge in [0.05, 0.1) is 11.1 Å². The van der Waals surface area contributed by atoms with E-state index in [0.29, 0.717) is 11.2 Å². The lowest BCUT2D eigenvalue weighted by Crippen LogP contribution is -2.11. The van der Waals surface area contributed by atoms with Gasteiger partial charge in [-0.05, 0) is 36.4 Å². The number of aromatic nitrogens is 5. The summed E-state index contributed by atoms with van der Waals surface area (Å²) in [7, 11) is 0. The zero-order valence-electron chi connectivity index (χ0n) is 15.0. The number of anilines is 2. The number of rotatable bonds is 3. The summed E-state index contributed by atoms with van der Waals surface area (Å²) in [4.78, 5) is 25.1. The van der Waals surface area contributed by atoms with E-state index in [-0.39, 0.29) is 23.0 Å². The lowest BCUT2D eigenvalue weighted by atomic mass is 10.2. The van der Waals surface area contributed by atoms with E-state index in [1.807, 2.05) is 24.3 Å². The summed E-state index contributed by atoms with van der Waals surface area (Å²) in [6.45, 7) is 0. The molecule has 0 saturated carbocycles. The summed E-state index contributed by atoms with van der Waals surface area (Å²) in [5.41, 5.74) is 1.24. The van der Waals surface area contributed by atoms with Crippen molar-refractivity contribution in [3.63, 3.8) is 0 Å². The van der Waals surface area contributed by atoms with Gasteiger partial charge in [0.2, 0.25) is 5.95 Å². The molecule has 0 unspecified atom stereocenters. The molecule has 0 aliphatic heterocycles. The topological polar surface area (TPSA) is 85.1 Å². The smallest absolute Gasteiger partial charge is 0.293 e. The summed E-state index contributed by atoms with van der Waals surface area (Å²) in [5.74, 6) is 0.0820. The molecule has 0 fully saturated rings. The van der Waals surface area contributed by atoms with E-state index in [1.54, 1.807) is 36.4 Å². The normalized spacial score (nSPS) is 11.1. The first-order valence-electron chi connectivity index (χ1n) is 8.83. The van der Waals surface area contributed by atoms with E-state index in [2.05, 4.69) is 25.4 Å². The Kier molecular flexibility index (Phi) is 3.94. The van der Waals surface area contributed by atoms with Gasteiger partial charge in [-0.25, -0.2) is 19.3 Å². The van der Waals surface area contributed by atoms with Crippen molar-refractivity contribution in [2.24, 2.45) is 0 Å². The van der Waals surface area contributed by atoms with Crippen LogP contribution in [0.3, 0.4) is 0 Å². The average Bonchev–Trinajstić information content (AvgIpc) is 3.08. The summed E-state index contributed by atoms with van der Waals surface area (Å²) >= 11 is 0. The average molecular weight is 384 g/mol. The highest BCUT2D eigenvalue weighted by Crippen LogP contribution is 2.26. The minimum atomic E-state index is -0.437. The molecule has 0 bridgehead atoms. The van der Waals surface area contributed by atoms with Crippen LogP contribution in [0.15, 0.2) is 77.7 Å². The number of halogens is 1. The van der Waals surface area contributed by atoms with Crippen LogP contribution in [0.1, 0.15) is 0 Å². The van der Waals surface area contributed by atoms with Crippen molar-refractivity contribution in [3.8, 4) is 11.4 Å². The Labute approximate surface area is 163 Å². The SMILES string of the molecule is O=c1nccccc1Nc1nc2ccccc2c2nc(-c3ccccc3F)nn12. The Morgan fingerprint density at radius 3 is 2.59 bits per heavy atom. The number of hydrogen-bond acceptors (Lipinski definition) is 6. The van der Waals surface area contributed by atoms with Crippen molar-refractivity contribution < 1.29 is 4.39 Å². The molecule has 3 heterocycles. The third kappa shape index (κ3) is 2.96. The van der Waals surface area contributed by atoms with E-state index in [9.17, 15) is 9.18 Å². The van der Waals surface area contributed by atoms with Crippen LogP contribution < -0.4 is 10.9 Å². The van der Waals surface area contributed by atoms with E-state index in [0.717, 1.165) is 5.39 Å². The molecule has 3 aromatic heterocycles. The fourth-order valence-corrected chi connectivity index (χ4v) is 3.06. The molecule has 1 N–H and O–H groups in total. The highest BCUT2D eigenvalue weighted by Gasteiger charge is 2.17. The quantitative estimate of drug-likeness (QED) is 0.512. The molecule has 0 spiro atoms. The van der Waals surface area contributed by atoms with Crippen molar-refractivity contribution in [2.75, 3.05) is 5.32 Å². The molecule has 5 aromatic rings. The molecule has 140 valence electrons. The minimum Gasteiger partial charge on any atom is -0.319 e. The highest BCUT2D eigenvalue weighted by molar-refractivity contribution is 5.93. The second-order valence-corrected chi connectivity index (χ2v) is 6.28. The van der Waals surface area contributed by atoms with Crippen molar-refractivity contribution in [3.05, 3.63) is 89.1 Å². The molecule has 8 heteroatoms. The first kappa shape index (κ1) is 16.9. The van der Waals surface area contributed by atoms with Crippen LogP contribution in [0.4, 0.5) is 16.0 Å². The molecule has 0 radical (unpaired) electrons. The summed E-state index contributed by atoms with van der Waals surface area (Å²) in [6.07, 6.45) is 1.42. The van der Waals surface area contributed by atoms with Crippen LogP contribution in [-0.2, 0) is 0 Å². The Morgan fingerprint density at radius 2 is 1.69 bits per heavy atom. The lowest BCUT2D eigenvalue weighted by Gasteiger charge is -2.07. The molecule has 2 aromatic carbocycles. The van der Waals surface area contributed by atoms with Crippen LogP contribution in [0.25, 0.3) is 27.9 Å². The van der Waals surface area contributed by atoms with Gasteiger partial charge in [0, 0.05) is 11.6 Å². The maximum absolute atomic E-state index is 14.3. The van der Waals surface area contributed by atoms with E-state index in [1.165, 1.54) is 16.8 Å². The molecule has 5 rings (SSSR count).